The first-order valence-electron chi connectivity index (χ1n) is 5.60. The van der Waals surface area contributed by atoms with E-state index in [2.05, 4.69) is 21.2 Å². The fourth-order valence-electron chi connectivity index (χ4n) is 1.31. The van der Waals surface area contributed by atoms with Crippen molar-refractivity contribution < 1.29 is 14.3 Å². The van der Waals surface area contributed by atoms with E-state index in [1.807, 2.05) is 0 Å². The van der Waals surface area contributed by atoms with Crippen LogP contribution >= 0.6 is 38.9 Å². The molecule has 1 atom stereocenters. The second-order valence-corrected chi connectivity index (χ2v) is 7.54. The molecule has 0 fully saturated rings. The Morgan fingerprint density at radius 3 is 2.68 bits per heavy atom. The minimum atomic E-state index is -0.638. The smallest absolute Gasteiger partial charge is 0.408 e. The van der Waals surface area contributed by atoms with Gasteiger partial charge in [0, 0.05) is 15.8 Å². The fourth-order valence-corrected chi connectivity index (χ4v) is 3.44. The van der Waals surface area contributed by atoms with Crippen LogP contribution in [0.2, 0.25) is 4.34 Å². The van der Waals surface area contributed by atoms with E-state index < -0.39 is 17.7 Å². The summed E-state index contributed by atoms with van der Waals surface area (Å²) in [5.74, 6) is 0. The van der Waals surface area contributed by atoms with E-state index in [0.717, 1.165) is 9.35 Å². The minimum Gasteiger partial charge on any atom is -0.444 e. The lowest BCUT2D eigenvalue weighted by atomic mass is 10.2. The summed E-state index contributed by atoms with van der Waals surface area (Å²) in [6.45, 7) is 5.29. The van der Waals surface area contributed by atoms with Crippen LogP contribution in [0.4, 0.5) is 4.79 Å². The van der Waals surface area contributed by atoms with E-state index in [4.69, 9.17) is 16.3 Å². The standard InChI is InChI=1S/C12H15BrClNO3S/c1-12(2,3)18-11(17)15-7(6-16)4-9-8(13)5-10(14)19-9/h5-7H,4H2,1-3H3,(H,15,17)/t7-/m1/s1. The number of carbonyl (C=O) groups is 2. The van der Waals surface area contributed by atoms with Crippen LogP contribution in [0.5, 0.6) is 0 Å². The van der Waals surface area contributed by atoms with Gasteiger partial charge in [0.2, 0.25) is 0 Å². The van der Waals surface area contributed by atoms with Gasteiger partial charge in [-0.05, 0) is 42.8 Å². The Morgan fingerprint density at radius 1 is 1.63 bits per heavy atom. The second-order valence-electron chi connectivity index (χ2n) is 4.91. The minimum absolute atomic E-state index is 0.376. The zero-order valence-corrected chi connectivity index (χ0v) is 14.0. The van der Waals surface area contributed by atoms with Gasteiger partial charge >= 0.3 is 6.09 Å². The number of halogens is 2. The van der Waals surface area contributed by atoms with Crippen LogP contribution in [-0.2, 0) is 16.0 Å². The van der Waals surface area contributed by atoms with Crippen LogP contribution in [-0.4, -0.2) is 24.0 Å². The Bertz CT molecular complexity index is 470. The third-order valence-corrected chi connectivity index (χ3v) is 4.26. The molecule has 1 aromatic heterocycles. The Morgan fingerprint density at radius 2 is 2.26 bits per heavy atom. The van der Waals surface area contributed by atoms with Crippen molar-refractivity contribution in [3.05, 3.63) is 19.8 Å². The number of thiophene rings is 1. The Hall–Kier alpha value is -0.590. The molecular formula is C12H15BrClNO3S. The molecule has 0 bridgehead atoms. The number of rotatable bonds is 4. The second kappa shape index (κ2) is 6.72. The molecule has 0 aliphatic carbocycles. The molecule has 1 amide bonds. The van der Waals surface area contributed by atoms with Gasteiger partial charge in [0.15, 0.2) is 0 Å². The van der Waals surface area contributed by atoms with Gasteiger partial charge in [-0.2, -0.15) is 0 Å². The summed E-state index contributed by atoms with van der Waals surface area (Å²) in [4.78, 5) is 23.5. The summed E-state index contributed by atoms with van der Waals surface area (Å²) in [7, 11) is 0. The zero-order valence-electron chi connectivity index (χ0n) is 10.8. The van der Waals surface area contributed by atoms with Gasteiger partial charge < -0.3 is 14.8 Å². The molecule has 0 saturated heterocycles. The average Bonchev–Trinajstić information content (AvgIpc) is 2.53. The average molecular weight is 369 g/mol. The first-order chi connectivity index (χ1) is 8.71. The van der Waals surface area contributed by atoms with Gasteiger partial charge in [0.25, 0.3) is 0 Å². The zero-order chi connectivity index (χ0) is 14.6. The molecule has 1 rings (SSSR count). The molecule has 0 aliphatic rings. The lowest BCUT2D eigenvalue weighted by Crippen LogP contribution is -2.41. The lowest BCUT2D eigenvalue weighted by molar-refractivity contribution is -0.109. The number of carbonyl (C=O) groups excluding carboxylic acids is 2. The van der Waals surface area contributed by atoms with Crippen LogP contribution in [0.3, 0.4) is 0 Å². The molecule has 0 aromatic carbocycles. The number of aldehydes is 1. The topological polar surface area (TPSA) is 55.4 Å². The molecule has 1 heterocycles. The maximum Gasteiger partial charge on any atom is 0.408 e. The first kappa shape index (κ1) is 16.5. The maximum atomic E-state index is 11.6. The highest BCUT2D eigenvalue weighted by atomic mass is 79.9. The van der Waals surface area contributed by atoms with E-state index >= 15 is 0 Å². The molecule has 1 N–H and O–H groups in total. The van der Waals surface area contributed by atoms with Gasteiger partial charge in [-0.1, -0.05) is 11.6 Å². The van der Waals surface area contributed by atoms with Gasteiger partial charge in [-0.15, -0.1) is 11.3 Å². The van der Waals surface area contributed by atoms with Crippen molar-refractivity contribution in [3.63, 3.8) is 0 Å². The molecule has 0 spiro atoms. The molecular weight excluding hydrogens is 354 g/mol. The van der Waals surface area contributed by atoms with Crippen molar-refractivity contribution in [1.29, 1.82) is 0 Å². The molecule has 0 unspecified atom stereocenters. The summed E-state index contributed by atoms with van der Waals surface area (Å²) in [6, 6.07) is 1.12. The summed E-state index contributed by atoms with van der Waals surface area (Å²) < 4.78 is 6.56. The lowest BCUT2D eigenvalue weighted by Gasteiger charge is -2.21. The van der Waals surface area contributed by atoms with Crippen LogP contribution in [0.25, 0.3) is 0 Å². The van der Waals surface area contributed by atoms with Crippen molar-refractivity contribution >= 4 is 51.2 Å². The quantitative estimate of drug-likeness (QED) is 0.822. The molecule has 4 nitrogen and oxygen atoms in total. The van der Waals surface area contributed by atoms with Gasteiger partial charge in [0.1, 0.15) is 11.9 Å². The molecule has 0 radical (unpaired) electrons. The van der Waals surface area contributed by atoms with Crippen LogP contribution in [0.15, 0.2) is 10.5 Å². The highest BCUT2D eigenvalue weighted by Gasteiger charge is 2.20. The van der Waals surface area contributed by atoms with Gasteiger partial charge in [-0.3, -0.25) is 0 Å². The maximum absolute atomic E-state index is 11.6. The molecule has 0 saturated carbocycles. The van der Waals surface area contributed by atoms with Crippen molar-refractivity contribution in [2.75, 3.05) is 0 Å². The largest absolute Gasteiger partial charge is 0.444 e. The number of ether oxygens (including phenoxy) is 1. The van der Waals surface area contributed by atoms with E-state index in [-0.39, 0.29) is 0 Å². The van der Waals surface area contributed by atoms with E-state index in [1.165, 1.54) is 11.3 Å². The van der Waals surface area contributed by atoms with Crippen LogP contribution < -0.4 is 5.32 Å². The van der Waals surface area contributed by atoms with Crippen molar-refractivity contribution in [1.82, 2.24) is 5.32 Å². The number of hydrogen-bond acceptors (Lipinski definition) is 4. The first-order valence-corrected chi connectivity index (χ1v) is 7.58. The summed E-state index contributed by atoms with van der Waals surface area (Å²) in [6.07, 6.45) is 0.452. The van der Waals surface area contributed by atoms with Crippen molar-refractivity contribution in [2.45, 2.75) is 38.8 Å². The predicted molar refractivity (Wildman–Crippen MR) is 80.0 cm³/mol. The van der Waals surface area contributed by atoms with Gasteiger partial charge in [-0.25, -0.2) is 4.79 Å². The molecule has 7 heteroatoms. The third-order valence-electron chi connectivity index (χ3n) is 2.00. The van der Waals surface area contributed by atoms with Gasteiger partial charge in [0.05, 0.1) is 10.4 Å². The Balaban J connectivity index is 2.62. The van der Waals surface area contributed by atoms with Crippen molar-refractivity contribution in [3.8, 4) is 0 Å². The van der Waals surface area contributed by atoms with Crippen LogP contribution in [0, 0.1) is 0 Å². The Labute approximate surface area is 129 Å². The normalized spacial score (nSPS) is 12.9. The van der Waals surface area contributed by atoms with E-state index in [0.29, 0.717) is 17.0 Å². The number of amides is 1. The van der Waals surface area contributed by atoms with Crippen molar-refractivity contribution in [2.24, 2.45) is 0 Å². The number of hydrogen-bond donors (Lipinski definition) is 1. The number of nitrogens with one attached hydrogen (secondary N) is 1. The summed E-state index contributed by atoms with van der Waals surface area (Å²) in [5.41, 5.74) is -0.593. The molecule has 0 aliphatic heterocycles. The molecule has 106 valence electrons. The third kappa shape index (κ3) is 5.93. The molecule has 1 aromatic rings. The monoisotopic (exact) mass is 367 g/mol. The summed E-state index contributed by atoms with van der Waals surface area (Å²) in [5, 5.41) is 2.52. The highest BCUT2D eigenvalue weighted by Crippen LogP contribution is 2.31. The summed E-state index contributed by atoms with van der Waals surface area (Å²) >= 11 is 10.6. The predicted octanol–water partition coefficient (Wildman–Crippen LogP) is 3.80. The SMILES string of the molecule is CC(C)(C)OC(=O)N[C@@H](C=O)Cc1sc(Cl)cc1Br. The van der Waals surface area contributed by atoms with E-state index in [1.54, 1.807) is 26.8 Å². The van der Waals surface area contributed by atoms with Crippen LogP contribution in [0.1, 0.15) is 25.6 Å². The highest BCUT2D eigenvalue weighted by molar-refractivity contribution is 9.10. The Kier molecular flexibility index (Phi) is 5.82. The fraction of sp³-hybridized carbons (Fsp3) is 0.500. The van der Waals surface area contributed by atoms with E-state index in [9.17, 15) is 9.59 Å². The molecule has 19 heavy (non-hydrogen) atoms. The number of alkyl carbamates (subject to hydrolysis) is 1.